The van der Waals surface area contributed by atoms with Gasteiger partial charge in [0.2, 0.25) is 5.13 Å². The van der Waals surface area contributed by atoms with Gasteiger partial charge in [0.05, 0.1) is 0 Å². The second-order valence-corrected chi connectivity index (χ2v) is 7.22. The Bertz CT molecular complexity index is 865. The van der Waals surface area contributed by atoms with E-state index < -0.39 is 0 Å². The van der Waals surface area contributed by atoms with Gasteiger partial charge in [-0.05, 0) is 18.1 Å². The van der Waals surface area contributed by atoms with Crippen LogP contribution in [0.1, 0.15) is 31.2 Å². The fourth-order valence-electron chi connectivity index (χ4n) is 2.68. The molecular weight excluding hydrogens is 358 g/mol. The SMILES string of the molecule is CCCCCc1nnc(NC(=O)COc2ccccc2-c2ccccc2)s1. The normalized spacial score (nSPS) is 10.6. The first-order chi connectivity index (χ1) is 13.3. The lowest BCUT2D eigenvalue weighted by Gasteiger charge is -2.11. The minimum atomic E-state index is -0.242. The highest BCUT2D eigenvalue weighted by atomic mass is 32.1. The molecule has 0 fully saturated rings. The van der Waals surface area contributed by atoms with Crippen molar-refractivity contribution in [1.82, 2.24) is 10.2 Å². The van der Waals surface area contributed by atoms with Crippen molar-refractivity contribution in [3.63, 3.8) is 0 Å². The molecule has 0 unspecified atom stereocenters. The van der Waals surface area contributed by atoms with Gasteiger partial charge >= 0.3 is 0 Å². The van der Waals surface area contributed by atoms with Gasteiger partial charge in [-0.2, -0.15) is 0 Å². The molecule has 0 saturated carbocycles. The van der Waals surface area contributed by atoms with E-state index in [1.165, 1.54) is 24.2 Å². The molecule has 140 valence electrons. The Morgan fingerprint density at radius 3 is 2.63 bits per heavy atom. The number of nitrogens with zero attached hydrogens (tertiary/aromatic N) is 2. The van der Waals surface area contributed by atoms with E-state index in [1.807, 2.05) is 54.6 Å². The number of amides is 1. The summed E-state index contributed by atoms with van der Waals surface area (Å²) in [6.07, 6.45) is 4.35. The van der Waals surface area contributed by atoms with E-state index in [4.69, 9.17) is 4.74 Å². The van der Waals surface area contributed by atoms with E-state index in [1.54, 1.807) is 0 Å². The van der Waals surface area contributed by atoms with Crippen LogP contribution < -0.4 is 10.1 Å². The second-order valence-electron chi connectivity index (χ2n) is 6.16. The van der Waals surface area contributed by atoms with Gasteiger partial charge in [-0.3, -0.25) is 10.1 Å². The number of ether oxygens (including phenoxy) is 1. The van der Waals surface area contributed by atoms with Crippen molar-refractivity contribution in [2.75, 3.05) is 11.9 Å². The quantitative estimate of drug-likeness (QED) is 0.532. The number of carbonyl (C=O) groups is 1. The van der Waals surface area contributed by atoms with Crippen LogP contribution in [0.4, 0.5) is 5.13 Å². The Balaban J connectivity index is 1.56. The molecule has 0 saturated heterocycles. The monoisotopic (exact) mass is 381 g/mol. The highest BCUT2D eigenvalue weighted by Gasteiger charge is 2.11. The first-order valence-electron chi connectivity index (χ1n) is 9.15. The molecule has 27 heavy (non-hydrogen) atoms. The molecule has 3 rings (SSSR count). The number of para-hydroxylation sites is 1. The van der Waals surface area contributed by atoms with Gasteiger partial charge in [0.1, 0.15) is 10.8 Å². The van der Waals surface area contributed by atoms with Gasteiger partial charge in [0.25, 0.3) is 5.91 Å². The average Bonchev–Trinajstić information content (AvgIpc) is 3.14. The molecule has 1 amide bonds. The number of hydrogen-bond donors (Lipinski definition) is 1. The van der Waals surface area contributed by atoms with Crippen LogP contribution in [0, 0.1) is 0 Å². The van der Waals surface area contributed by atoms with Crippen LogP contribution in [0.25, 0.3) is 11.1 Å². The van der Waals surface area contributed by atoms with Crippen LogP contribution in [0.5, 0.6) is 5.75 Å². The predicted molar refractivity (Wildman–Crippen MR) is 109 cm³/mol. The molecule has 1 heterocycles. The zero-order valence-electron chi connectivity index (χ0n) is 15.4. The molecule has 1 aromatic heterocycles. The van der Waals surface area contributed by atoms with E-state index in [0.717, 1.165) is 29.0 Å². The highest BCUT2D eigenvalue weighted by molar-refractivity contribution is 7.15. The summed E-state index contributed by atoms with van der Waals surface area (Å²) in [5.74, 6) is 0.436. The Labute approximate surface area is 163 Å². The fourth-order valence-corrected chi connectivity index (χ4v) is 3.48. The summed E-state index contributed by atoms with van der Waals surface area (Å²) in [4.78, 5) is 12.2. The van der Waals surface area contributed by atoms with Crippen molar-refractivity contribution in [3.05, 3.63) is 59.6 Å². The number of anilines is 1. The number of aryl methyl sites for hydroxylation is 1. The van der Waals surface area contributed by atoms with E-state index in [-0.39, 0.29) is 12.5 Å². The molecule has 0 radical (unpaired) electrons. The molecular formula is C21H23N3O2S. The first kappa shape index (κ1) is 19.0. The summed E-state index contributed by atoms with van der Waals surface area (Å²) in [6, 6.07) is 17.7. The molecule has 5 nitrogen and oxygen atoms in total. The molecule has 1 N–H and O–H groups in total. The number of benzene rings is 2. The lowest BCUT2D eigenvalue weighted by Crippen LogP contribution is -2.20. The number of unbranched alkanes of at least 4 members (excludes halogenated alkanes) is 2. The largest absolute Gasteiger partial charge is 0.483 e. The third-order valence-electron chi connectivity index (χ3n) is 4.04. The molecule has 0 aliphatic carbocycles. The maximum Gasteiger partial charge on any atom is 0.264 e. The highest BCUT2D eigenvalue weighted by Crippen LogP contribution is 2.29. The maximum absolute atomic E-state index is 12.2. The maximum atomic E-state index is 12.2. The van der Waals surface area contributed by atoms with E-state index >= 15 is 0 Å². The number of nitrogens with one attached hydrogen (secondary N) is 1. The Kier molecular flexibility index (Phi) is 6.93. The third kappa shape index (κ3) is 5.62. The number of rotatable bonds is 9. The summed E-state index contributed by atoms with van der Waals surface area (Å²) in [7, 11) is 0. The summed E-state index contributed by atoms with van der Waals surface area (Å²) < 4.78 is 5.76. The van der Waals surface area contributed by atoms with Crippen molar-refractivity contribution in [2.45, 2.75) is 32.6 Å². The summed E-state index contributed by atoms with van der Waals surface area (Å²) in [6.45, 7) is 2.09. The number of hydrogen-bond acceptors (Lipinski definition) is 5. The molecule has 2 aromatic carbocycles. The Morgan fingerprint density at radius 1 is 1.04 bits per heavy atom. The number of aromatic nitrogens is 2. The lowest BCUT2D eigenvalue weighted by atomic mass is 10.1. The Hall–Kier alpha value is -2.73. The van der Waals surface area contributed by atoms with E-state index in [0.29, 0.717) is 10.9 Å². The molecule has 3 aromatic rings. The van der Waals surface area contributed by atoms with Gasteiger partial charge in [0.15, 0.2) is 6.61 Å². The molecule has 0 spiro atoms. The average molecular weight is 382 g/mol. The smallest absolute Gasteiger partial charge is 0.264 e. The van der Waals surface area contributed by atoms with Crippen LogP contribution in [0.3, 0.4) is 0 Å². The summed E-state index contributed by atoms with van der Waals surface area (Å²) in [5.41, 5.74) is 2.01. The molecule has 6 heteroatoms. The van der Waals surface area contributed by atoms with Crippen LogP contribution in [-0.4, -0.2) is 22.7 Å². The fraction of sp³-hybridized carbons (Fsp3) is 0.286. The lowest BCUT2D eigenvalue weighted by molar-refractivity contribution is -0.118. The summed E-state index contributed by atoms with van der Waals surface area (Å²) in [5, 5.41) is 12.4. The molecule has 0 bridgehead atoms. The van der Waals surface area contributed by atoms with Gasteiger partial charge < -0.3 is 4.74 Å². The van der Waals surface area contributed by atoms with Crippen molar-refractivity contribution in [1.29, 1.82) is 0 Å². The van der Waals surface area contributed by atoms with Gasteiger partial charge in [-0.1, -0.05) is 79.6 Å². The second kappa shape index (κ2) is 9.83. The first-order valence-corrected chi connectivity index (χ1v) is 9.97. The van der Waals surface area contributed by atoms with Crippen molar-refractivity contribution in [2.24, 2.45) is 0 Å². The van der Waals surface area contributed by atoms with Crippen LogP contribution in [0.2, 0.25) is 0 Å². The van der Waals surface area contributed by atoms with Gasteiger partial charge in [-0.25, -0.2) is 0 Å². The topological polar surface area (TPSA) is 64.1 Å². The van der Waals surface area contributed by atoms with Crippen molar-refractivity contribution < 1.29 is 9.53 Å². The third-order valence-corrected chi connectivity index (χ3v) is 4.94. The molecule has 0 atom stereocenters. The van der Waals surface area contributed by atoms with Gasteiger partial charge in [-0.15, -0.1) is 10.2 Å². The van der Waals surface area contributed by atoms with Crippen LogP contribution >= 0.6 is 11.3 Å². The van der Waals surface area contributed by atoms with Gasteiger partial charge in [0, 0.05) is 12.0 Å². The summed E-state index contributed by atoms with van der Waals surface area (Å²) >= 11 is 1.42. The zero-order valence-corrected chi connectivity index (χ0v) is 16.2. The minimum Gasteiger partial charge on any atom is -0.483 e. The van der Waals surface area contributed by atoms with Crippen LogP contribution in [-0.2, 0) is 11.2 Å². The number of carbonyl (C=O) groups excluding carboxylic acids is 1. The van der Waals surface area contributed by atoms with E-state index in [9.17, 15) is 4.79 Å². The molecule has 0 aliphatic rings. The molecule has 0 aliphatic heterocycles. The standard InChI is InChI=1S/C21H23N3O2S/c1-2-3-5-14-20-23-24-21(27-20)22-19(25)15-26-18-13-9-8-12-17(18)16-10-6-4-7-11-16/h4,6-13H,2-3,5,14-15H2,1H3,(H,22,24,25). The zero-order chi connectivity index (χ0) is 18.9. The predicted octanol–water partition coefficient (Wildman–Crippen LogP) is 4.96. The Morgan fingerprint density at radius 2 is 1.81 bits per heavy atom. The van der Waals surface area contributed by atoms with Crippen molar-refractivity contribution >= 4 is 22.4 Å². The van der Waals surface area contributed by atoms with Crippen molar-refractivity contribution in [3.8, 4) is 16.9 Å². The van der Waals surface area contributed by atoms with Crippen LogP contribution in [0.15, 0.2) is 54.6 Å². The van der Waals surface area contributed by atoms with E-state index in [2.05, 4.69) is 22.4 Å². The minimum absolute atomic E-state index is 0.0748.